The Morgan fingerprint density at radius 3 is 2.47 bits per heavy atom. The summed E-state index contributed by atoms with van der Waals surface area (Å²) < 4.78 is 46.5. The van der Waals surface area contributed by atoms with Crippen LogP contribution in [0.2, 0.25) is 0 Å². The molecule has 1 aliphatic rings. The fourth-order valence-corrected chi connectivity index (χ4v) is 5.63. The molecule has 0 saturated carbocycles. The van der Waals surface area contributed by atoms with Crippen LogP contribution in [0.4, 0.5) is 10.2 Å². The molecule has 2 aromatic rings. The van der Waals surface area contributed by atoms with Gasteiger partial charge in [0.05, 0.1) is 43.4 Å². The third kappa shape index (κ3) is 7.84. The predicted octanol–water partition coefficient (Wildman–Crippen LogP) is -1.04. The molecular formula is C26H32FN2NaO7S. The van der Waals surface area contributed by atoms with Crippen molar-refractivity contribution in [2.24, 2.45) is 0 Å². The minimum atomic E-state index is -3.73. The van der Waals surface area contributed by atoms with Crippen LogP contribution in [0.25, 0.3) is 17.2 Å². The van der Waals surface area contributed by atoms with Crippen molar-refractivity contribution in [3.8, 4) is 11.1 Å². The van der Waals surface area contributed by atoms with Crippen LogP contribution in [-0.4, -0.2) is 60.7 Å². The molecule has 0 bridgehead atoms. The van der Waals surface area contributed by atoms with Crippen molar-refractivity contribution in [2.75, 3.05) is 17.2 Å². The van der Waals surface area contributed by atoms with Gasteiger partial charge in [-0.2, -0.15) is 0 Å². The number of hydrogen-bond donors (Lipinski definition) is 2. The zero-order valence-electron chi connectivity index (χ0n) is 22.2. The summed E-state index contributed by atoms with van der Waals surface area (Å²) in [6.07, 6.45) is 0.808. The van der Waals surface area contributed by atoms with Crippen LogP contribution in [0.5, 0.6) is 0 Å². The van der Waals surface area contributed by atoms with E-state index in [1.807, 2.05) is 13.8 Å². The molecule has 3 atom stereocenters. The molecule has 38 heavy (non-hydrogen) atoms. The predicted molar refractivity (Wildman–Crippen MR) is 135 cm³/mol. The van der Waals surface area contributed by atoms with E-state index in [9.17, 15) is 32.9 Å². The summed E-state index contributed by atoms with van der Waals surface area (Å²) in [4.78, 5) is 15.5. The smallest absolute Gasteiger partial charge is 0.550 e. The molecule has 0 fully saturated rings. The van der Waals surface area contributed by atoms with Crippen molar-refractivity contribution in [2.45, 2.75) is 64.4 Å². The second-order valence-corrected chi connectivity index (χ2v) is 11.4. The third-order valence-corrected chi connectivity index (χ3v) is 7.24. The number of anilines is 1. The first-order valence-electron chi connectivity index (χ1n) is 11.9. The normalized spacial score (nSPS) is 17.6. The number of halogens is 1. The van der Waals surface area contributed by atoms with Crippen LogP contribution in [0.3, 0.4) is 0 Å². The topological polar surface area (TPSA) is 140 Å². The van der Waals surface area contributed by atoms with Gasteiger partial charge in [0, 0.05) is 29.9 Å². The molecule has 1 aromatic heterocycles. The Balaban J connectivity index is 0.00000507. The maximum Gasteiger partial charge on any atom is 1.00 e. The van der Waals surface area contributed by atoms with Gasteiger partial charge in [-0.15, -0.1) is 0 Å². The van der Waals surface area contributed by atoms with E-state index in [-0.39, 0.29) is 60.9 Å². The average molecular weight is 559 g/mol. The van der Waals surface area contributed by atoms with Crippen molar-refractivity contribution in [1.29, 1.82) is 0 Å². The summed E-state index contributed by atoms with van der Waals surface area (Å²) in [6.45, 7) is 5.71. The molecule has 1 aromatic carbocycles. The van der Waals surface area contributed by atoms with Crippen LogP contribution >= 0.6 is 0 Å². The van der Waals surface area contributed by atoms with E-state index >= 15 is 0 Å². The summed E-state index contributed by atoms with van der Waals surface area (Å²) in [5.41, 5.74) is 2.78. The summed E-state index contributed by atoms with van der Waals surface area (Å²) in [5, 5.41) is 31.0. The number of hydrogen-bond acceptors (Lipinski definition) is 8. The number of ether oxygens (including phenoxy) is 1. The number of pyridine rings is 1. The maximum atomic E-state index is 13.8. The molecule has 0 aliphatic carbocycles. The summed E-state index contributed by atoms with van der Waals surface area (Å²) in [7, 11) is -3.73. The fraction of sp³-hybridized carbons (Fsp3) is 0.462. The first-order valence-corrected chi connectivity index (χ1v) is 13.8. The second kappa shape index (κ2) is 13.5. The Hall–Kier alpha value is -1.86. The molecule has 2 heterocycles. The number of carboxylic acid groups (broad SMARTS) is 1. The number of benzene rings is 1. The zero-order chi connectivity index (χ0) is 27.5. The molecule has 0 spiro atoms. The van der Waals surface area contributed by atoms with Crippen LogP contribution in [0, 0.1) is 5.82 Å². The van der Waals surface area contributed by atoms with Crippen LogP contribution in [0.1, 0.15) is 56.4 Å². The summed E-state index contributed by atoms with van der Waals surface area (Å²) in [5.74, 6) is -1.81. The van der Waals surface area contributed by atoms with Crippen LogP contribution in [-0.2, 0) is 26.2 Å². The number of carbonyl (C=O) groups excluding carboxylic acids is 1. The van der Waals surface area contributed by atoms with Gasteiger partial charge >= 0.3 is 29.6 Å². The monoisotopic (exact) mass is 558 g/mol. The van der Waals surface area contributed by atoms with E-state index in [4.69, 9.17) is 9.72 Å². The molecule has 12 heteroatoms. The van der Waals surface area contributed by atoms with E-state index in [0.717, 1.165) is 6.26 Å². The Morgan fingerprint density at radius 1 is 1.29 bits per heavy atom. The van der Waals surface area contributed by atoms with Crippen molar-refractivity contribution in [3.05, 3.63) is 53.0 Å². The molecule has 1 aliphatic heterocycles. The van der Waals surface area contributed by atoms with Gasteiger partial charge in [-0.25, -0.2) is 22.1 Å². The van der Waals surface area contributed by atoms with Crippen LogP contribution < -0.4 is 39.0 Å². The maximum absolute atomic E-state index is 13.8. The molecular weight excluding hydrogens is 526 g/mol. The molecule has 0 amide bonds. The Labute approximate surface area is 244 Å². The average Bonchev–Trinajstić information content (AvgIpc) is 2.94. The quantitative estimate of drug-likeness (QED) is 0.372. The molecule has 0 unspecified atom stereocenters. The minimum Gasteiger partial charge on any atom is -0.550 e. The third-order valence-electron chi connectivity index (χ3n) is 6.00. The summed E-state index contributed by atoms with van der Waals surface area (Å²) in [6, 6.07) is 5.23. The van der Waals surface area contributed by atoms with Crippen molar-refractivity contribution in [1.82, 2.24) is 4.98 Å². The van der Waals surface area contributed by atoms with Gasteiger partial charge in [-0.1, -0.05) is 38.1 Å². The second-order valence-electron chi connectivity index (χ2n) is 9.56. The zero-order valence-corrected chi connectivity index (χ0v) is 25.0. The molecule has 202 valence electrons. The van der Waals surface area contributed by atoms with E-state index in [1.54, 1.807) is 25.1 Å². The number of nitrogens with zero attached hydrogens (tertiary/aromatic N) is 2. The standard InChI is InChI=1S/C26H33FN2O7S.Na/c1-15(2)25-21(10-9-19(30)11-20(31)12-23(32)33)24(17-5-7-18(27)8-6-17)22-14-36-13-16(3)29(26(22)28-25)37(4,34)35;/h5-10,15-16,19-20,30-31H,11-14H2,1-4H3,(H,32,33);/q;+1/p-1/b10-9+;/t16-,19-,20-;/m1./s1. The molecule has 0 radical (unpaired) electrons. The number of rotatable bonds is 9. The Kier molecular flexibility index (Phi) is 11.5. The van der Waals surface area contributed by atoms with Gasteiger partial charge in [-0.3, -0.25) is 0 Å². The first kappa shape index (κ1) is 32.4. The minimum absolute atomic E-state index is 0. The Bertz CT molecular complexity index is 1270. The van der Waals surface area contributed by atoms with Crippen molar-refractivity contribution in [3.63, 3.8) is 0 Å². The number of sulfonamides is 1. The molecule has 2 N–H and O–H groups in total. The first-order chi connectivity index (χ1) is 17.3. The van der Waals surface area contributed by atoms with Crippen molar-refractivity contribution < 1.29 is 67.2 Å². The Morgan fingerprint density at radius 2 is 1.92 bits per heavy atom. The van der Waals surface area contributed by atoms with Gasteiger partial charge in [0.15, 0.2) is 0 Å². The number of aliphatic hydroxyl groups excluding tert-OH is 2. The van der Waals surface area contributed by atoms with E-state index in [0.29, 0.717) is 27.9 Å². The molecule has 3 rings (SSSR count). The number of aromatic nitrogens is 1. The number of fused-ring (bicyclic) bond motifs is 1. The van der Waals surface area contributed by atoms with Gasteiger partial charge in [-0.05, 0) is 36.1 Å². The van der Waals surface area contributed by atoms with E-state index < -0.39 is 46.5 Å². The van der Waals surface area contributed by atoms with Gasteiger partial charge in [0.2, 0.25) is 10.0 Å². The van der Waals surface area contributed by atoms with Gasteiger partial charge in [0.25, 0.3) is 0 Å². The van der Waals surface area contributed by atoms with Gasteiger partial charge in [0.1, 0.15) is 11.6 Å². The van der Waals surface area contributed by atoms with Crippen molar-refractivity contribution >= 4 is 27.9 Å². The van der Waals surface area contributed by atoms with Crippen LogP contribution in [0.15, 0.2) is 30.3 Å². The number of aliphatic hydroxyl groups is 2. The fourth-order valence-electron chi connectivity index (χ4n) is 4.45. The van der Waals surface area contributed by atoms with E-state index in [1.165, 1.54) is 22.5 Å². The SMILES string of the molecule is CC(C)c1nc2c(c(-c3ccc(F)cc3)c1/C=C/[C@@H](O)C[C@@H](O)CC(=O)[O-])COC[C@@H](C)N2S(C)(=O)=O.[Na+]. The van der Waals surface area contributed by atoms with E-state index in [2.05, 4.69) is 0 Å². The number of carbonyl (C=O) groups is 1. The van der Waals surface area contributed by atoms with Gasteiger partial charge < -0.3 is 24.9 Å². The summed E-state index contributed by atoms with van der Waals surface area (Å²) >= 11 is 0. The number of aliphatic carboxylic acids is 1. The molecule has 9 nitrogen and oxygen atoms in total. The number of carboxylic acids is 1. The molecule has 0 saturated heterocycles. The largest absolute Gasteiger partial charge is 1.00 e.